The smallest absolute Gasteiger partial charge is 0.324 e. The number of amides is 1. The van der Waals surface area contributed by atoms with Gasteiger partial charge in [0.05, 0.1) is 5.56 Å². The van der Waals surface area contributed by atoms with Crippen molar-refractivity contribution in [3.63, 3.8) is 0 Å². The topological polar surface area (TPSA) is 127 Å². The second kappa shape index (κ2) is 11.7. The molecule has 42 heavy (non-hydrogen) atoms. The lowest BCUT2D eigenvalue weighted by molar-refractivity contribution is 0.0707. The number of anilines is 2. The van der Waals surface area contributed by atoms with Gasteiger partial charge in [-0.1, -0.05) is 12.1 Å². The van der Waals surface area contributed by atoms with Crippen LogP contribution < -0.4 is 15.5 Å². The molecule has 0 spiro atoms. The molecule has 2 aromatic rings. The molecule has 4 aliphatic rings. The summed E-state index contributed by atoms with van der Waals surface area (Å²) >= 11 is 0. The number of ether oxygens (including phenoxy) is 1. The first-order chi connectivity index (χ1) is 20.2. The van der Waals surface area contributed by atoms with Crippen LogP contribution in [-0.2, 0) is 4.74 Å². The van der Waals surface area contributed by atoms with Crippen molar-refractivity contribution >= 4 is 17.9 Å². The quantitative estimate of drug-likeness (QED) is 0.538. The standard InChI is InChI=1S/C29H38F2N8O3/c1-16-17(2)25(22(31)11-21(16)30)20-14-39(15-23(20)32)28-33-12-18(13-34-28)27(40)37(3)19-6-8-38(9-7-19)29-35-26(36-42-29)24-5-4-10-41-24/h11-13,17,19-20,23-25H,4-10,14-15,32H2,1-3H3/t17?,20?,23-,24-,25?/m0/s1. The second-order valence-electron chi connectivity index (χ2n) is 12.0. The molecule has 1 aliphatic carbocycles. The van der Waals surface area contributed by atoms with Gasteiger partial charge in [-0.15, -0.1) is 0 Å². The molecule has 3 fully saturated rings. The molecule has 6 rings (SSSR count). The number of hydrogen-bond acceptors (Lipinski definition) is 10. The van der Waals surface area contributed by atoms with Crippen LogP contribution in [0.4, 0.5) is 20.7 Å². The Morgan fingerprint density at radius 3 is 2.55 bits per heavy atom. The Bertz CT molecular complexity index is 1350. The first-order valence-corrected chi connectivity index (χ1v) is 14.7. The SMILES string of the molecule is CC1=C(F)C=C(F)C(C2CN(c3ncc(C(=O)N(C)C4CCN(c5nc([C@@H]6CCCO6)no5)CC4)cn3)C[C@@H]2N)C1C. The minimum absolute atomic E-state index is 0.0501. The summed E-state index contributed by atoms with van der Waals surface area (Å²) < 4.78 is 40.0. The zero-order chi connectivity index (χ0) is 29.5. The Labute approximate surface area is 243 Å². The third kappa shape index (κ3) is 5.39. The second-order valence-corrected chi connectivity index (χ2v) is 12.0. The largest absolute Gasteiger partial charge is 0.370 e. The van der Waals surface area contributed by atoms with Crippen LogP contribution in [0, 0.1) is 17.8 Å². The van der Waals surface area contributed by atoms with Gasteiger partial charge in [-0.05, 0) is 44.1 Å². The van der Waals surface area contributed by atoms with Gasteiger partial charge in [-0.3, -0.25) is 4.79 Å². The van der Waals surface area contributed by atoms with Crippen LogP contribution in [0.3, 0.4) is 0 Å². The maximum Gasteiger partial charge on any atom is 0.324 e. The lowest BCUT2D eigenvalue weighted by atomic mass is 9.74. The highest BCUT2D eigenvalue weighted by Crippen LogP contribution is 2.43. The van der Waals surface area contributed by atoms with E-state index < -0.39 is 17.6 Å². The van der Waals surface area contributed by atoms with Gasteiger partial charge in [-0.2, -0.15) is 4.98 Å². The minimum Gasteiger partial charge on any atom is -0.370 e. The predicted octanol–water partition coefficient (Wildman–Crippen LogP) is 3.58. The van der Waals surface area contributed by atoms with E-state index >= 15 is 0 Å². The van der Waals surface area contributed by atoms with Crippen LogP contribution in [-0.4, -0.2) is 82.8 Å². The molecule has 3 aliphatic heterocycles. The van der Waals surface area contributed by atoms with Gasteiger partial charge in [-0.25, -0.2) is 18.7 Å². The number of halogens is 2. The van der Waals surface area contributed by atoms with Crippen molar-refractivity contribution in [2.24, 2.45) is 23.5 Å². The van der Waals surface area contributed by atoms with E-state index in [1.807, 2.05) is 11.8 Å². The average Bonchev–Trinajstić information content (AvgIpc) is 3.77. The Morgan fingerprint density at radius 1 is 1.12 bits per heavy atom. The molecular weight excluding hydrogens is 546 g/mol. The van der Waals surface area contributed by atoms with Crippen molar-refractivity contribution < 1.29 is 22.8 Å². The molecule has 0 radical (unpaired) electrons. The highest BCUT2D eigenvalue weighted by molar-refractivity contribution is 5.93. The predicted molar refractivity (Wildman–Crippen MR) is 151 cm³/mol. The van der Waals surface area contributed by atoms with E-state index in [1.165, 1.54) is 12.4 Å². The van der Waals surface area contributed by atoms with E-state index in [9.17, 15) is 13.6 Å². The summed E-state index contributed by atoms with van der Waals surface area (Å²) in [7, 11) is 1.80. The number of carbonyl (C=O) groups excluding carboxylic acids is 1. The van der Waals surface area contributed by atoms with Crippen molar-refractivity contribution in [2.45, 2.75) is 57.7 Å². The van der Waals surface area contributed by atoms with Gasteiger partial charge in [0.2, 0.25) is 11.8 Å². The van der Waals surface area contributed by atoms with Crippen LogP contribution in [0.5, 0.6) is 0 Å². The van der Waals surface area contributed by atoms with Gasteiger partial charge >= 0.3 is 6.01 Å². The van der Waals surface area contributed by atoms with E-state index in [0.29, 0.717) is 55.1 Å². The number of carbonyl (C=O) groups is 1. The van der Waals surface area contributed by atoms with Gasteiger partial charge in [0, 0.05) is 82.2 Å². The summed E-state index contributed by atoms with van der Waals surface area (Å²) in [4.78, 5) is 32.5. The summed E-state index contributed by atoms with van der Waals surface area (Å²) in [5.74, 6) is -1.08. The number of nitrogens with two attached hydrogens (primary N) is 1. The molecule has 5 atom stereocenters. The molecule has 2 aromatic heterocycles. The third-order valence-electron chi connectivity index (χ3n) is 9.47. The minimum atomic E-state index is -0.505. The lowest BCUT2D eigenvalue weighted by Gasteiger charge is -2.35. The number of aromatic nitrogens is 4. The summed E-state index contributed by atoms with van der Waals surface area (Å²) in [6.07, 6.45) is 7.39. The van der Waals surface area contributed by atoms with Crippen LogP contribution >= 0.6 is 0 Å². The lowest BCUT2D eigenvalue weighted by Crippen LogP contribution is -2.45. The average molecular weight is 585 g/mol. The Kier molecular flexibility index (Phi) is 7.97. The fraction of sp³-hybridized carbons (Fsp3) is 0.621. The van der Waals surface area contributed by atoms with Crippen molar-refractivity contribution in [2.75, 3.05) is 49.6 Å². The van der Waals surface area contributed by atoms with Crippen LogP contribution in [0.15, 0.2) is 40.2 Å². The highest BCUT2D eigenvalue weighted by atomic mass is 19.1. The van der Waals surface area contributed by atoms with Crippen LogP contribution in [0.2, 0.25) is 0 Å². The van der Waals surface area contributed by atoms with Gasteiger partial charge in [0.25, 0.3) is 5.91 Å². The molecule has 11 nitrogen and oxygen atoms in total. The molecule has 2 N–H and O–H groups in total. The molecule has 0 bridgehead atoms. The van der Waals surface area contributed by atoms with Crippen molar-refractivity contribution in [1.29, 1.82) is 0 Å². The van der Waals surface area contributed by atoms with E-state index in [-0.39, 0.29) is 35.9 Å². The maximum absolute atomic E-state index is 14.8. The fourth-order valence-corrected chi connectivity index (χ4v) is 6.71. The number of nitrogens with zero attached hydrogens (tertiary/aromatic N) is 7. The molecule has 1 amide bonds. The van der Waals surface area contributed by atoms with Gasteiger partial charge in [0.1, 0.15) is 17.8 Å². The van der Waals surface area contributed by atoms with Crippen LogP contribution in [0.25, 0.3) is 0 Å². The fourth-order valence-electron chi connectivity index (χ4n) is 6.71. The van der Waals surface area contributed by atoms with Crippen LogP contribution in [0.1, 0.15) is 61.8 Å². The number of rotatable bonds is 6. The summed E-state index contributed by atoms with van der Waals surface area (Å²) in [6.45, 7) is 6.55. The Morgan fingerprint density at radius 2 is 1.86 bits per heavy atom. The third-order valence-corrected chi connectivity index (χ3v) is 9.47. The first-order valence-electron chi connectivity index (χ1n) is 14.7. The zero-order valence-electron chi connectivity index (χ0n) is 24.2. The molecule has 5 heterocycles. The van der Waals surface area contributed by atoms with E-state index in [0.717, 1.165) is 38.4 Å². The molecule has 0 aromatic carbocycles. The molecule has 226 valence electrons. The first kappa shape index (κ1) is 28.7. The highest BCUT2D eigenvalue weighted by Gasteiger charge is 2.43. The maximum atomic E-state index is 14.8. The molecular formula is C29H38F2N8O3. The van der Waals surface area contributed by atoms with E-state index in [4.69, 9.17) is 15.0 Å². The molecule has 3 unspecified atom stereocenters. The summed E-state index contributed by atoms with van der Waals surface area (Å²) in [5.41, 5.74) is 7.37. The number of allylic oxidation sites excluding steroid dienone is 4. The van der Waals surface area contributed by atoms with Crippen molar-refractivity contribution in [1.82, 2.24) is 25.0 Å². The molecule has 0 saturated carbocycles. The van der Waals surface area contributed by atoms with E-state index in [2.05, 4.69) is 25.0 Å². The van der Waals surface area contributed by atoms with Gasteiger partial charge < -0.3 is 29.7 Å². The van der Waals surface area contributed by atoms with E-state index in [1.54, 1.807) is 18.9 Å². The van der Waals surface area contributed by atoms with Gasteiger partial charge in [0.15, 0.2) is 0 Å². The number of piperidine rings is 1. The number of hydrogen-bond donors (Lipinski definition) is 1. The Balaban J connectivity index is 1.04. The van der Waals surface area contributed by atoms with Crippen molar-refractivity contribution in [3.8, 4) is 0 Å². The van der Waals surface area contributed by atoms with Crippen molar-refractivity contribution in [3.05, 3.63) is 47.1 Å². The monoisotopic (exact) mass is 584 g/mol. The molecule has 3 saturated heterocycles. The summed E-state index contributed by atoms with van der Waals surface area (Å²) in [5, 5.41) is 4.10. The summed E-state index contributed by atoms with van der Waals surface area (Å²) in [6, 6.07) is 0.229. The normalized spacial score (nSPS) is 28.9. The Hall–Kier alpha value is -3.45. The zero-order valence-corrected chi connectivity index (χ0v) is 24.2. The molecule has 13 heteroatoms.